The highest BCUT2D eigenvalue weighted by atomic mass is 16.1. The van der Waals surface area contributed by atoms with Gasteiger partial charge >= 0.3 is 0 Å². The predicted molar refractivity (Wildman–Crippen MR) is 118 cm³/mol. The Bertz CT molecular complexity index is 806. The van der Waals surface area contributed by atoms with Gasteiger partial charge in [0, 0.05) is 48.7 Å². The molecule has 1 saturated carbocycles. The highest BCUT2D eigenvalue weighted by Crippen LogP contribution is 2.27. The fraction of sp³-hybridized carbons (Fsp3) is 0.500. The van der Waals surface area contributed by atoms with Crippen LogP contribution in [0.2, 0.25) is 0 Å². The standard InChI is InChI=1S/C24H32N4O/c1-18-5-4-8-22(26-18)17-25-20-13-15-28(16-14-20)23-11-9-21(10-12-23)27-24(29)19-6-2-3-7-19/h4-5,8-12,19-20,25H,2-3,6-7,13-17H2,1H3,(H,27,29). The Morgan fingerprint density at radius 3 is 2.45 bits per heavy atom. The van der Waals surface area contributed by atoms with Gasteiger partial charge in [0.25, 0.3) is 0 Å². The number of nitrogens with one attached hydrogen (secondary N) is 2. The molecule has 29 heavy (non-hydrogen) atoms. The number of carbonyl (C=O) groups excluding carboxylic acids is 1. The summed E-state index contributed by atoms with van der Waals surface area (Å²) >= 11 is 0. The lowest BCUT2D eigenvalue weighted by atomic mass is 10.0. The summed E-state index contributed by atoms with van der Waals surface area (Å²) in [7, 11) is 0. The van der Waals surface area contributed by atoms with Crippen molar-refractivity contribution in [1.82, 2.24) is 10.3 Å². The number of nitrogens with zero attached hydrogens (tertiary/aromatic N) is 2. The average Bonchev–Trinajstić information content (AvgIpc) is 3.29. The molecule has 1 aliphatic carbocycles. The van der Waals surface area contributed by atoms with Gasteiger partial charge in [0.1, 0.15) is 0 Å². The van der Waals surface area contributed by atoms with Crippen molar-refractivity contribution < 1.29 is 4.79 Å². The lowest BCUT2D eigenvalue weighted by molar-refractivity contribution is -0.119. The number of hydrogen-bond acceptors (Lipinski definition) is 4. The molecule has 2 N–H and O–H groups in total. The van der Waals surface area contributed by atoms with E-state index in [2.05, 4.69) is 44.8 Å². The largest absolute Gasteiger partial charge is 0.371 e. The summed E-state index contributed by atoms with van der Waals surface area (Å²) in [5, 5.41) is 6.74. The number of anilines is 2. The Labute approximate surface area is 173 Å². The van der Waals surface area contributed by atoms with Gasteiger partial charge in [-0.1, -0.05) is 18.9 Å². The van der Waals surface area contributed by atoms with Crippen LogP contribution in [-0.2, 0) is 11.3 Å². The molecule has 5 nitrogen and oxygen atoms in total. The minimum atomic E-state index is 0.185. The number of aryl methyl sites for hydroxylation is 1. The van der Waals surface area contributed by atoms with Gasteiger partial charge in [-0.05, 0) is 69.0 Å². The normalized spacial score (nSPS) is 18.2. The third kappa shape index (κ3) is 5.36. The Morgan fingerprint density at radius 1 is 1.03 bits per heavy atom. The molecule has 0 atom stereocenters. The third-order valence-corrected chi connectivity index (χ3v) is 6.24. The van der Waals surface area contributed by atoms with Crippen LogP contribution in [0, 0.1) is 12.8 Å². The zero-order valence-corrected chi connectivity index (χ0v) is 17.4. The second-order valence-electron chi connectivity index (χ2n) is 8.43. The van der Waals surface area contributed by atoms with Crippen molar-refractivity contribution in [3.63, 3.8) is 0 Å². The van der Waals surface area contributed by atoms with Crippen LogP contribution in [0.4, 0.5) is 11.4 Å². The second-order valence-corrected chi connectivity index (χ2v) is 8.43. The highest BCUT2D eigenvalue weighted by Gasteiger charge is 2.23. The van der Waals surface area contributed by atoms with E-state index in [9.17, 15) is 4.79 Å². The summed E-state index contributed by atoms with van der Waals surface area (Å²) in [6.45, 7) is 4.97. The fourth-order valence-corrected chi connectivity index (χ4v) is 4.48. The summed E-state index contributed by atoms with van der Waals surface area (Å²) in [6, 6.07) is 15.1. The SMILES string of the molecule is Cc1cccc(CNC2CCN(c3ccc(NC(=O)C4CCCC4)cc3)CC2)n1. The van der Waals surface area contributed by atoms with Crippen molar-refractivity contribution >= 4 is 17.3 Å². The van der Waals surface area contributed by atoms with Crippen molar-refractivity contribution in [1.29, 1.82) is 0 Å². The summed E-state index contributed by atoms with van der Waals surface area (Å²) in [5.41, 5.74) is 4.33. The second kappa shape index (κ2) is 9.40. The molecule has 1 amide bonds. The van der Waals surface area contributed by atoms with Gasteiger partial charge in [-0.15, -0.1) is 0 Å². The van der Waals surface area contributed by atoms with Crippen LogP contribution in [0.1, 0.15) is 49.9 Å². The molecule has 1 aromatic heterocycles. The summed E-state index contributed by atoms with van der Waals surface area (Å²) in [4.78, 5) is 19.3. The molecule has 4 rings (SSSR count). The lowest BCUT2D eigenvalue weighted by Gasteiger charge is -2.34. The molecule has 0 bridgehead atoms. The van der Waals surface area contributed by atoms with Crippen LogP contribution in [-0.4, -0.2) is 30.0 Å². The lowest BCUT2D eigenvalue weighted by Crippen LogP contribution is -2.42. The van der Waals surface area contributed by atoms with E-state index in [0.29, 0.717) is 6.04 Å². The summed E-state index contributed by atoms with van der Waals surface area (Å²) in [5.74, 6) is 0.390. The maximum absolute atomic E-state index is 12.3. The van der Waals surface area contributed by atoms with Gasteiger partial charge in [0.05, 0.1) is 5.69 Å². The van der Waals surface area contributed by atoms with Crippen molar-refractivity contribution in [3.8, 4) is 0 Å². The first-order valence-electron chi connectivity index (χ1n) is 11.0. The summed E-state index contributed by atoms with van der Waals surface area (Å²) < 4.78 is 0. The molecule has 2 aromatic rings. The van der Waals surface area contributed by atoms with Gasteiger partial charge in [-0.25, -0.2) is 0 Å². The molecule has 0 radical (unpaired) electrons. The van der Waals surface area contributed by atoms with E-state index in [1.807, 2.05) is 25.1 Å². The van der Waals surface area contributed by atoms with Crippen LogP contribution >= 0.6 is 0 Å². The van der Waals surface area contributed by atoms with Crippen LogP contribution in [0.15, 0.2) is 42.5 Å². The van der Waals surface area contributed by atoms with Crippen molar-refractivity contribution in [2.24, 2.45) is 5.92 Å². The highest BCUT2D eigenvalue weighted by molar-refractivity contribution is 5.92. The zero-order valence-electron chi connectivity index (χ0n) is 17.4. The number of aromatic nitrogens is 1. The van der Waals surface area contributed by atoms with E-state index in [0.717, 1.165) is 62.4 Å². The number of hydrogen-bond donors (Lipinski definition) is 2. The number of benzene rings is 1. The monoisotopic (exact) mass is 392 g/mol. The van der Waals surface area contributed by atoms with E-state index < -0.39 is 0 Å². The topological polar surface area (TPSA) is 57.3 Å². The first kappa shape index (κ1) is 19.9. The van der Waals surface area contributed by atoms with Crippen molar-refractivity contribution in [2.75, 3.05) is 23.3 Å². The van der Waals surface area contributed by atoms with Crippen molar-refractivity contribution in [2.45, 2.75) is 58.0 Å². The quantitative estimate of drug-likeness (QED) is 0.770. The summed E-state index contributed by atoms with van der Waals surface area (Å²) in [6.07, 6.45) is 6.70. The van der Waals surface area contributed by atoms with E-state index in [1.165, 1.54) is 18.5 Å². The Morgan fingerprint density at radius 2 is 1.76 bits per heavy atom. The van der Waals surface area contributed by atoms with Gasteiger partial charge in [0.2, 0.25) is 5.91 Å². The first-order valence-corrected chi connectivity index (χ1v) is 11.0. The molecule has 0 spiro atoms. The van der Waals surface area contributed by atoms with E-state index >= 15 is 0 Å². The predicted octanol–water partition coefficient (Wildman–Crippen LogP) is 4.28. The van der Waals surface area contributed by atoms with Gasteiger partial charge in [-0.3, -0.25) is 9.78 Å². The van der Waals surface area contributed by atoms with E-state index in [4.69, 9.17) is 0 Å². The third-order valence-electron chi connectivity index (χ3n) is 6.24. The molecule has 2 heterocycles. The van der Waals surface area contributed by atoms with Crippen molar-refractivity contribution in [3.05, 3.63) is 53.9 Å². The van der Waals surface area contributed by atoms with Gasteiger partial charge in [-0.2, -0.15) is 0 Å². The Hall–Kier alpha value is -2.40. The molecule has 5 heteroatoms. The molecule has 0 unspecified atom stereocenters. The maximum atomic E-state index is 12.3. The van der Waals surface area contributed by atoms with Crippen LogP contribution in [0.25, 0.3) is 0 Å². The number of pyridine rings is 1. The fourth-order valence-electron chi connectivity index (χ4n) is 4.48. The average molecular weight is 393 g/mol. The van der Waals surface area contributed by atoms with Gasteiger partial charge in [0.15, 0.2) is 0 Å². The first-order chi connectivity index (χ1) is 14.2. The minimum Gasteiger partial charge on any atom is -0.371 e. The number of amides is 1. The molecular weight excluding hydrogens is 360 g/mol. The number of rotatable bonds is 6. The number of piperidine rings is 1. The molecule has 2 fully saturated rings. The maximum Gasteiger partial charge on any atom is 0.227 e. The zero-order chi connectivity index (χ0) is 20.1. The Kier molecular flexibility index (Phi) is 6.45. The molecule has 1 aliphatic heterocycles. The van der Waals surface area contributed by atoms with Crippen LogP contribution in [0.5, 0.6) is 0 Å². The number of carbonyl (C=O) groups is 1. The van der Waals surface area contributed by atoms with E-state index in [1.54, 1.807) is 0 Å². The molecular formula is C24H32N4O. The van der Waals surface area contributed by atoms with Gasteiger partial charge < -0.3 is 15.5 Å². The van der Waals surface area contributed by atoms with Crippen LogP contribution in [0.3, 0.4) is 0 Å². The minimum absolute atomic E-state index is 0.185. The molecule has 1 saturated heterocycles. The smallest absolute Gasteiger partial charge is 0.227 e. The van der Waals surface area contributed by atoms with E-state index in [-0.39, 0.29) is 11.8 Å². The molecule has 154 valence electrons. The Balaban J connectivity index is 1.23. The molecule has 1 aromatic carbocycles. The van der Waals surface area contributed by atoms with Crippen LogP contribution < -0.4 is 15.5 Å². The molecule has 2 aliphatic rings.